The van der Waals surface area contributed by atoms with E-state index in [1.807, 2.05) is 37.3 Å². The minimum atomic E-state index is -0.142. The van der Waals surface area contributed by atoms with Crippen LogP contribution in [-0.4, -0.2) is 102 Å². The molecule has 1 saturated heterocycles. The first-order valence-corrected chi connectivity index (χ1v) is 19.3. The molecule has 3 unspecified atom stereocenters. The number of Topliss-reactive ketones (excluding diaryl/α,β-unsaturated/α-hetero) is 2. The van der Waals surface area contributed by atoms with Crippen molar-refractivity contribution < 1.29 is 38.1 Å². The summed E-state index contributed by atoms with van der Waals surface area (Å²) in [6.07, 6.45) is 27.0. The number of rotatable bonds is 25. The van der Waals surface area contributed by atoms with Crippen LogP contribution in [0.5, 0.6) is 0 Å². The Morgan fingerprint density at radius 1 is 0.700 bits per heavy atom. The topological polar surface area (TPSA) is 121 Å². The summed E-state index contributed by atoms with van der Waals surface area (Å²) < 4.78 is 27.7. The van der Waals surface area contributed by atoms with Crippen molar-refractivity contribution in [2.75, 3.05) is 72.6 Å². The third kappa shape index (κ3) is 18.1. The molecule has 2 fully saturated rings. The van der Waals surface area contributed by atoms with Crippen molar-refractivity contribution >= 4 is 17.5 Å². The summed E-state index contributed by atoms with van der Waals surface area (Å²) in [4.78, 5) is 37.5. The lowest BCUT2D eigenvalue weighted by molar-refractivity contribution is -0.125. The smallest absolute Gasteiger partial charge is 0.222 e. The van der Waals surface area contributed by atoms with Gasteiger partial charge in [-0.1, -0.05) is 88.0 Å². The van der Waals surface area contributed by atoms with Crippen molar-refractivity contribution in [2.45, 2.75) is 102 Å². The molecule has 282 valence electrons. The molecule has 1 saturated carbocycles. The zero-order chi connectivity index (χ0) is 35.5. The quantitative estimate of drug-likeness (QED) is 0.117. The summed E-state index contributed by atoms with van der Waals surface area (Å²) in [6, 6.07) is -0.114. The van der Waals surface area contributed by atoms with E-state index in [4.69, 9.17) is 23.7 Å². The Bertz CT molecular complexity index is 1080. The van der Waals surface area contributed by atoms with Gasteiger partial charge in [0.15, 0.2) is 5.78 Å². The molecule has 0 aromatic rings. The number of allylic oxidation sites excluding steroid dienone is 6. The summed E-state index contributed by atoms with van der Waals surface area (Å²) >= 11 is 0. The molecular weight excluding hydrogens is 636 g/mol. The Balaban J connectivity index is 1.03. The maximum absolute atomic E-state index is 12.8. The molecule has 1 amide bonds. The zero-order valence-corrected chi connectivity index (χ0v) is 30.6. The van der Waals surface area contributed by atoms with Gasteiger partial charge in [-0.3, -0.25) is 19.7 Å². The normalized spacial score (nSPS) is 24.6. The standard InChI is InChI=1S/C40H64N2O8/c1-33-39(35-17-11-7-4-8-12-18-35)42-36(40(33)45)19-13-14-22-41-38(44)21-24-47-26-28-49-30-32-50-31-29-48-27-25-46-23-20-37(43)34-15-9-5-2-3-6-10-16-34/h4,7-8,11-12,17-18,33-34,36,39,42H,2-3,5-6,9-10,13-16,19-32H2,1H3,(H,41,44)/b7-4-,8-4?,11-7?,12-8-,17-11-,18-12?,35-17?,35-18+. The van der Waals surface area contributed by atoms with Crippen LogP contribution in [0.2, 0.25) is 0 Å². The fraction of sp³-hybridized carbons (Fsp3) is 0.725. The second kappa shape index (κ2) is 27.2. The molecule has 10 nitrogen and oxygen atoms in total. The van der Waals surface area contributed by atoms with Gasteiger partial charge >= 0.3 is 0 Å². The van der Waals surface area contributed by atoms with Crippen LogP contribution >= 0.6 is 0 Å². The van der Waals surface area contributed by atoms with Gasteiger partial charge in [-0.05, 0) is 37.7 Å². The first kappa shape index (κ1) is 41.9. The Kier molecular flexibility index (Phi) is 22.8. The molecule has 50 heavy (non-hydrogen) atoms. The minimum absolute atomic E-state index is 0.0283. The second-order valence-corrected chi connectivity index (χ2v) is 13.5. The second-order valence-electron chi connectivity index (χ2n) is 13.5. The highest BCUT2D eigenvalue weighted by molar-refractivity contribution is 5.89. The van der Waals surface area contributed by atoms with Gasteiger partial charge in [-0.15, -0.1) is 0 Å². The van der Waals surface area contributed by atoms with E-state index in [1.54, 1.807) is 0 Å². The van der Waals surface area contributed by atoms with Gasteiger partial charge in [0.1, 0.15) is 5.78 Å². The highest BCUT2D eigenvalue weighted by Gasteiger charge is 2.39. The van der Waals surface area contributed by atoms with E-state index < -0.39 is 0 Å². The highest BCUT2D eigenvalue weighted by atomic mass is 16.6. The fourth-order valence-electron chi connectivity index (χ4n) is 6.59. The molecule has 3 rings (SSSR count). The summed E-state index contributed by atoms with van der Waals surface area (Å²) in [6.45, 7) is 7.15. The lowest BCUT2D eigenvalue weighted by atomic mass is 9.91. The van der Waals surface area contributed by atoms with E-state index in [0.29, 0.717) is 91.2 Å². The van der Waals surface area contributed by atoms with E-state index >= 15 is 0 Å². The molecule has 2 N–H and O–H groups in total. The van der Waals surface area contributed by atoms with Crippen LogP contribution in [-0.2, 0) is 38.1 Å². The molecule has 1 aliphatic heterocycles. The minimum Gasteiger partial charge on any atom is -0.379 e. The Labute approximate surface area is 300 Å². The molecule has 0 spiro atoms. The highest BCUT2D eigenvalue weighted by Crippen LogP contribution is 2.26. The third-order valence-corrected chi connectivity index (χ3v) is 9.56. The fourth-order valence-corrected chi connectivity index (χ4v) is 6.59. The molecule has 0 radical (unpaired) electrons. The summed E-state index contributed by atoms with van der Waals surface area (Å²) in [5, 5.41) is 6.47. The van der Waals surface area contributed by atoms with Crippen LogP contribution in [0.4, 0.5) is 0 Å². The van der Waals surface area contributed by atoms with Crippen molar-refractivity contribution in [1.29, 1.82) is 0 Å². The SMILES string of the molecule is CC1C(=O)C(CCCCNC(=O)CCOCCOCCOCCOCCOCCC(=O)C2CCCCCCCC2)NC1C1=C/C=C\C=C/C=C\1. The predicted octanol–water partition coefficient (Wildman–Crippen LogP) is 5.61. The van der Waals surface area contributed by atoms with Crippen molar-refractivity contribution in [2.24, 2.45) is 11.8 Å². The number of hydrogen-bond acceptors (Lipinski definition) is 9. The molecule has 0 aromatic heterocycles. The number of ether oxygens (including phenoxy) is 5. The molecule has 0 aromatic carbocycles. The monoisotopic (exact) mass is 700 g/mol. The van der Waals surface area contributed by atoms with E-state index in [9.17, 15) is 14.4 Å². The molecule has 10 heteroatoms. The summed E-state index contributed by atoms with van der Waals surface area (Å²) in [7, 11) is 0. The largest absolute Gasteiger partial charge is 0.379 e. The van der Waals surface area contributed by atoms with Crippen LogP contribution in [0, 0.1) is 11.8 Å². The Morgan fingerprint density at radius 2 is 1.24 bits per heavy atom. The molecular formula is C40H64N2O8. The zero-order valence-electron chi connectivity index (χ0n) is 30.6. The first-order chi connectivity index (χ1) is 24.6. The van der Waals surface area contributed by atoms with Crippen molar-refractivity contribution in [3.63, 3.8) is 0 Å². The lowest BCUT2D eigenvalue weighted by Crippen LogP contribution is -2.33. The average Bonchev–Trinajstić information content (AvgIpc) is 3.45. The lowest BCUT2D eigenvalue weighted by Gasteiger charge is -2.17. The number of carbonyl (C=O) groups excluding carboxylic acids is 3. The van der Waals surface area contributed by atoms with Crippen LogP contribution in [0.15, 0.2) is 48.1 Å². The summed E-state index contributed by atoms with van der Waals surface area (Å²) in [5.41, 5.74) is 1.12. The molecule has 2 aliphatic carbocycles. The third-order valence-electron chi connectivity index (χ3n) is 9.56. The van der Waals surface area contributed by atoms with Crippen LogP contribution < -0.4 is 10.6 Å². The number of nitrogens with one attached hydrogen (secondary N) is 2. The molecule has 0 bridgehead atoms. The van der Waals surface area contributed by atoms with Gasteiger partial charge in [-0.25, -0.2) is 0 Å². The molecule has 3 aliphatic rings. The van der Waals surface area contributed by atoms with Gasteiger partial charge in [-0.2, -0.15) is 0 Å². The Hall–Kier alpha value is -2.47. The number of unbranched alkanes of at least 4 members (excludes halogenated alkanes) is 1. The van der Waals surface area contributed by atoms with Gasteiger partial charge in [0.25, 0.3) is 0 Å². The van der Waals surface area contributed by atoms with Gasteiger partial charge < -0.3 is 29.0 Å². The maximum Gasteiger partial charge on any atom is 0.222 e. The van der Waals surface area contributed by atoms with Gasteiger partial charge in [0.05, 0.1) is 72.1 Å². The Morgan fingerprint density at radius 3 is 1.88 bits per heavy atom. The number of carbonyl (C=O) groups is 3. The van der Waals surface area contributed by atoms with E-state index in [0.717, 1.165) is 37.7 Å². The van der Waals surface area contributed by atoms with Crippen molar-refractivity contribution in [3.8, 4) is 0 Å². The summed E-state index contributed by atoms with van der Waals surface area (Å²) in [5.74, 6) is 0.767. The predicted molar refractivity (Wildman–Crippen MR) is 196 cm³/mol. The first-order valence-electron chi connectivity index (χ1n) is 19.3. The maximum atomic E-state index is 12.8. The number of hydrogen-bond donors (Lipinski definition) is 2. The van der Waals surface area contributed by atoms with Crippen LogP contribution in [0.3, 0.4) is 0 Å². The molecule has 3 atom stereocenters. The van der Waals surface area contributed by atoms with Gasteiger partial charge in [0.2, 0.25) is 5.91 Å². The molecule has 1 heterocycles. The van der Waals surface area contributed by atoms with Crippen LogP contribution in [0.1, 0.15) is 90.4 Å². The van der Waals surface area contributed by atoms with Crippen molar-refractivity contribution in [1.82, 2.24) is 10.6 Å². The van der Waals surface area contributed by atoms with Gasteiger partial charge in [0, 0.05) is 37.3 Å². The van der Waals surface area contributed by atoms with E-state index in [2.05, 4.69) is 22.8 Å². The number of ketones is 2. The van der Waals surface area contributed by atoms with Crippen LogP contribution in [0.25, 0.3) is 0 Å². The number of amides is 1. The van der Waals surface area contributed by atoms with Crippen molar-refractivity contribution in [3.05, 3.63) is 48.1 Å². The van der Waals surface area contributed by atoms with E-state index in [-0.39, 0.29) is 35.6 Å². The van der Waals surface area contributed by atoms with E-state index in [1.165, 1.54) is 38.5 Å². The average molecular weight is 701 g/mol.